The molecule has 174 valence electrons. The standard InChI is InChI=1S/C19H17N9O4S2/c1-32-24-13(15-23-19(20)34-25-15)16(30)22-14-17(31)28-11(8-29)10(9-33-18(14)28)7-26-5-6-27-12(26)3-2-4-21-27/h2-6,8,14,18H,7,9H2,1H3,(H2-,20,22,23,25,30)/p+1. The molecule has 1 saturated heterocycles. The van der Waals surface area contributed by atoms with Crippen molar-refractivity contribution in [2.24, 2.45) is 5.16 Å². The van der Waals surface area contributed by atoms with Crippen LogP contribution in [0.4, 0.5) is 5.13 Å². The first kappa shape index (κ1) is 22.0. The molecular formula is C19H18N9O4S2+. The summed E-state index contributed by atoms with van der Waals surface area (Å²) in [4.78, 5) is 47.8. The third-order valence-corrected chi connectivity index (χ3v) is 7.23. The zero-order chi connectivity index (χ0) is 23.8. The maximum absolute atomic E-state index is 12.9. The lowest BCUT2D eigenvalue weighted by Gasteiger charge is -2.49. The number of oxime groups is 1. The van der Waals surface area contributed by atoms with Gasteiger partial charge in [-0.1, -0.05) is 10.3 Å². The van der Waals surface area contributed by atoms with Gasteiger partial charge < -0.3 is 15.9 Å². The monoisotopic (exact) mass is 500 g/mol. The molecule has 3 aromatic rings. The summed E-state index contributed by atoms with van der Waals surface area (Å²) < 4.78 is 7.65. The smallest absolute Gasteiger partial charge is 0.307 e. The van der Waals surface area contributed by atoms with Gasteiger partial charge in [-0.15, -0.1) is 16.3 Å². The number of allylic oxidation sites excluding steroid dienone is 1. The van der Waals surface area contributed by atoms with E-state index in [2.05, 4.69) is 24.9 Å². The Morgan fingerprint density at radius 2 is 2.35 bits per heavy atom. The number of nitrogens with zero attached hydrogens (tertiary/aromatic N) is 7. The molecule has 0 aromatic carbocycles. The van der Waals surface area contributed by atoms with Crippen LogP contribution in [0.3, 0.4) is 0 Å². The summed E-state index contributed by atoms with van der Waals surface area (Å²) in [6, 6.07) is 2.91. The number of aromatic nitrogens is 5. The number of nitrogens with one attached hydrogen (secondary N) is 1. The highest BCUT2D eigenvalue weighted by Crippen LogP contribution is 2.39. The van der Waals surface area contributed by atoms with Gasteiger partial charge in [0.15, 0.2) is 17.6 Å². The number of hydrogen-bond donors (Lipinski definition) is 2. The molecule has 2 atom stereocenters. The summed E-state index contributed by atoms with van der Waals surface area (Å²) in [5.41, 5.74) is 7.37. The summed E-state index contributed by atoms with van der Waals surface area (Å²) in [6.45, 7) is 0.429. The van der Waals surface area contributed by atoms with Crippen molar-refractivity contribution in [1.29, 1.82) is 0 Å². The minimum Gasteiger partial charge on any atom is -0.398 e. The van der Waals surface area contributed by atoms with Crippen molar-refractivity contribution in [3.63, 3.8) is 0 Å². The number of aldehydes is 1. The van der Waals surface area contributed by atoms with Crippen molar-refractivity contribution in [1.82, 2.24) is 29.2 Å². The van der Waals surface area contributed by atoms with Gasteiger partial charge in [0.25, 0.3) is 11.8 Å². The predicted octanol–water partition coefficient (Wildman–Crippen LogP) is -1.04. The van der Waals surface area contributed by atoms with Gasteiger partial charge in [0.1, 0.15) is 31.3 Å². The van der Waals surface area contributed by atoms with Crippen molar-refractivity contribution >= 4 is 57.9 Å². The van der Waals surface area contributed by atoms with E-state index in [4.69, 9.17) is 10.6 Å². The second kappa shape index (κ2) is 8.83. The molecule has 15 heteroatoms. The number of anilines is 1. The van der Waals surface area contributed by atoms with Crippen LogP contribution in [0.1, 0.15) is 5.82 Å². The van der Waals surface area contributed by atoms with Crippen LogP contribution in [0.2, 0.25) is 0 Å². The van der Waals surface area contributed by atoms with Crippen LogP contribution in [0, 0.1) is 0 Å². The first-order valence-corrected chi connectivity index (χ1v) is 11.8. The lowest BCUT2D eigenvalue weighted by atomic mass is 10.0. The van der Waals surface area contributed by atoms with Crippen molar-refractivity contribution in [3.8, 4) is 0 Å². The van der Waals surface area contributed by atoms with Crippen LogP contribution in [-0.4, -0.2) is 72.0 Å². The number of β-lactam (4-membered cyclic amide) rings is 1. The fourth-order valence-electron chi connectivity index (χ4n) is 3.81. The highest BCUT2D eigenvalue weighted by atomic mass is 32.2. The van der Waals surface area contributed by atoms with E-state index in [-0.39, 0.29) is 22.6 Å². The molecule has 5 rings (SSSR count). The van der Waals surface area contributed by atoms with Crippen molar-refractivity contribution < 1.29 is 23.8 Å². The molecule has 2 unspecified atom stereocenters. The number of thioether (sulfide) groups is 1. The predicted molar refractivity (Wildman–Crippen MR) is 121 cm³/mol. The average Bonchev–Trinajstić information content (AvgIpc) is 3.46. The zero-order valence-electron chi connectivity index (χ0n) is 17.7. The summed E-state index contributed by atoms with van der Waals surface area (Å²) >= 11 is 2.37. The molecule has 3 aromatic heterocycles. The van der Waals surface area contributed by atoms with Gasteiger partial charge in [0.2, 0.25) is 11.5 Å². The molecule has 34 heavy (non-hydrogen) atoms. The number of fused-ring (bicyclic) bond motifs is 2. The Balaban J connectivity index is 1.34. The maximum atomic E-state index is 12.9. The van der Waals surface area contributed by atoms with Crippen molar-refractivity contribution in [2.45, 2.75) is 18.0 Å². The SMILES string of the molecule is CON=C(C(=O)NC1C(=O)N2C(C=O)=C(C[n+]3ccn4ncccc43)CSC12)c1nsc(N)n1. The minimum atomic E-state index is -0.834. The molecular weight excluding hydrogens is 482 g/mol. The second-order valence-corrected chi connectivity index (χ2v) is 9.19. The number of carbonyl (C=O) groups excluding carboxylic acids is 3. The Morgan fingerprint density at radius 3 is 3.09 bits per heavy atom. The minimum absolute atomic E-state index is 0.00356. The summed E-state index contributed by atoms with van der Waals surface area (Å²) in [5, 5.41) is 10.3. The van der Waals surface area contributed by atoms with Crippen LogP contribution >= 0.6 is 23.3 Å². The Kier molecular flexibility index (Phi) is 5.70. The van der Waals surface area contributed by atoms with Gasteiger partial charge in [-0.05, 0) is 6.07 Å². The normalized spacial score (nSPS) is 20.2. The molecule has 0 spiro atoms. The van der Waals surface area contributed by atoms with E-state index in [9.17, 15) is 14.4 Å². The molecule has 0 aliphatic carbocycles. The number of nitrogens with two attached hydrogens (primary N) is 1. The maximum Gasteiger partial charge on any atom is 0.307 e. The Hall–Kier alpha value is -3.85. The number of rotatable bonds is 7. The van der Waals surface area contributed by atoms with Crippen LogP contribution in [0.5, 0.6) is 0 Å². The molecule has 13 nitrogen and oxygen atoms in total. The van der Waals surface area contributed by atoms with E-state index in [1.54, 1.807) is 10.7 Å². The molecule has 0 radical (unpaired) electrons. The number of hydrogen-bond acceptors (Lipinski definition) is 11. The average molecular weight is 501 g/mol. The van der Waals surface area contributed by atoms with Crippen LogP contribution in [0.25, 0.3) is 5.65 Å². The van der Waals surface area contributed by atoms with Gasteiger partial charge in [-0.2, -0.15) is 9.36 Å². The number of imidazole rings is 1. The first-order chi connectivity index (χ1) is 16.5. The van der Waals surface area contributed by atoms with Crippen LogP contribution in [-0.2, 0) is 25.8 Å². The number of carbonyl (C=O) groups is 3. The van der Waals surface area contributed by atoms with Gasteiger partial charge >= 0.3 is 5.65 Å². The first-order valence-electron chi connectivity index (χ1n) is 9.97. The van der Waals surface area contributed by atoms with E-state index in [0.29, 0.717) is 24.3 Å². The Labute approximate surface area is 200 Å². The molecule has 3 N–H and O–H groups in total. The summed E-state index contributed by atoms with van der Waals surface area (Å²) in [5.74, 6) is -0.545. The summed E-state index contributed by atoms with van der Waals surface area (Å²) in [7, 11) is 1.28. The highest BCUT2D eigenvalue weighted by molar-refractivity contribution is 8.00. The topological polar surface area (TPSA) is 161 Å². The van der Waals surface area contributed by atoms with Crippen molar-refractivity contribution in [2.75, 3.05) is 18.6 Å². The Morgan fingerprint density at radius 1 is 1.50 bits per heavy atom. The van der Waals surface area contributed by atoms with Crippen LogP contribution < -0.4 is 15.6 Å². The van der Waals surface area contributed by atoms with Gasteiger partial charge in [0.05, 0.1) is 11.9 Å². The van der Waals surface area contributed by atoms with E-state index < -0.39 is 17.3 Å². The fourth-order valence-corrected chi connectivity index (χ4v) is 5.60. The molecule has 0 saturated carbocycles. The molecule has 2 amide bonds. The highest BCUT2D eigenvalue weighted by Gasteiger charge is 2.53. The summed E-state index contributed by atoms with van der Waals surface area (Å²) in [6.07, 6.45) is 6.06. The molecule has 0 bridgehead atoms. The lowest BCUT2D eigenvalue weighted by molar-refractivity contribution is -0.662. The van der Waals surface area contributed by atoms with Gasteiger partial charge in [-0.3, -0.25) is 19.3 Å². The van der Waals surface area contributed by atoms with Crippen LogP contribution in [0.15, 0.2) is 47.1 Å². The molecule has 5 heterocycles. The quantitative estimate of drug-likeness (QED) is 0.136. The van der Waals surface area contributed by atoms with E-state index in [0.717, 1.165) is 22.8 Å². The third-order valence-electron chi connectivity index (χ3n) is 5.34. The van der Waals surface area contributed by atoms with E-state index in [1.165, 1.54) is 23.8 Å². The van der Waals surface area contributed by atoms with Gasteiger partial charge in [-0.25, -0.2) is 4.57 Å². The number of nitrogen functional groups attached to an aromatic ring is 1. The second-order valence-electron chi connectivity index (χ2n) is 7.30. The molecule has 1 fully saturated rings. The zero-order valence-corrected chi connectivity index (χ0v) is 19.3. The number of amides is 2. The molecule has 2 aliphatic heterocycles. The Bertz CT molecular complexity index is 1360. The fraction of sp³-hybridized carbons (Fsp3) is 0.263. The van der Waals surface area contributed by atoms with Crippen molar-refractivity contribution in [3.05, 3.63) is 47.8 Å². The largest absolute Gasteiger partial charge is 0.398 e. The lowest BCUT2D eigenvalue weighted by Crippen LogP contribution is -2.70. The third kappa shape index (κ3) is 3.67. The van der Waals surface area contributed by atoms with E-state index in [1.807, 2.05) is 29.1 Å². The molecule has 2 aliphatic rings. The van der Waals surface area contributed by atoms with Gasteiger partial charge in [0, 0.05) is 28.9 Å². The van der Waals surface area contributed by atoms with E-state index >= 15 is 0 Å².